The summed E-state index contributed by atoms with van der Waals surface area (Å²) >= 11 is 0. The Morgan fingerprint density at radius 2 is 1.91 bits per heavy atom. The number of benzene rings is 1. The summed E-state index contributed by atoms with van der Waals surface area (Å²) in [6.07, 6.45) is 0.326. The van der Waals surface area contributed by atoms with Crippen LogP contribution in [0.2, 0.25) is 0 Å². The maximum absolute atomic E-state index is 11.4. The Balaban J connectivity index is 2.00. The highest BCUT2D eigenvalue weighted by molar-refractivity contribution is 5.89. The van der Waals surface area contributed by atoms with Gasteiger partial charge in [0.25, 0.3) is 0 Å². The normalized spacial score (nSPS) is 20.3. The van der Waals surface area contributed by atoms with Crippen molar-refractivity contribution in [3.8, 4) is 5.75 Å². The van der Waals surface area contributed by atoms with Gasteiger partial charge in [-0.15, -0.1) is 0 Å². The molecule has 0 aromatic heterocycles. The fourth-order valence-electron chi connectivity index (χ4n) is 2.78. The smallest absolute Gasteiger partial charge is 0.407 e. The number of carboxylic acid groups (broad SMARTS) is 1. The highest BCUT2D eigenvalue weighted by Crippen LogP contribution is 2.30. The van der Waals surface area contributed by atoms with E-state index in [9.17, 15) is 14.7 Å². The molecule has 1 aromatic carbocycles. The monoisotopic (exact) mass is 307 g/mol. The molecule has 6 heteroatoms. The molecule has 1 fully saturated rings. The maximum Gasteiger partial charge on any atom is 0.407 e. The van der Waals surface area contributed by atoms with E-state index in [1.165, 1.54) is 12.0 Å². The van der Waals surface area contributed by atoms with Crippen LogP contribution in [0.3, 0.4) is 0 Å². The summed E-state index contributed by atoms with van der Waals surface area (Å²) < 4.78 is 10.6. The van der Waals surface area contributed by atoms with Gasteiger partial charge in [0, 0.05) is 24.9 Å². The van der Waals surface area contributed by atoms with Crippen LogP contribution in [0.15, 0.2) is 24.3 Å². The lowest BCUT2D eigenvalue weighted by Gasteiger charge is -2.43. The predicted octanol–water partition coefficient (Wildman–Crippen LogP) is 2.77. The third kappa shape index (κ3) is 3.50. The van der Waals surface area contributed by atoms with Gasteiger partial charge in [0.1, 0.15) is 11.9 Å². The summed E-state index contributed by atoms with van der Waals surface area (Å²) in [7, 11) is 1.34. The van der Waals surface area contributed by atoms with Gasteiger partial charge in [0.2, 0.25) is 0 Å². The summed E-state index contributed by atoms with van der Waals surface area (Å²) in [5, 5.41) is 9.20. The first-order valence-corrected chi connectivity index (χ1v) is 7.19. The Morgan fingerprint density at radius 1 is 1.27 bits per heavy atom. The number of rotatable bonds is 3. The number of nitrogens with zero attached hydrogens (tertiary/aromatic N) is 1. The van der Waals surface area contributed by atoms with Gasteiger partial charge in [-0.1, -0.05) is 0 Å². The lowest BCUT2D eigenvalue weighted by molar-refractivity contribution is 0.0162. The second-order valence-electron chi connectivity index (χ2n) is 6.00. The number of piperidine rings is 1. The van der Waals surface area contributed by atoms with Crippen LogP contribution in [0.4, 0.5) is 4.79 Å². The number of hydrogen-bond donors (Lipinski definition) is 1. The molecule has 1 aromatic rings. The van der Waals surface area contributed by atoms with Gasteiger partial charge in [0.15, 0.2) is 0 Å². The molecule has 0 saturated carbocycles. The van der Waals surface area contributed by atoms with Crippen molar-refractivity contribution in [3.63, 3.8) is 0 Å². The van der Waals surface area contributed by atoms with E-state index in [-0.39, 0.29) is 12.1 Å². The molecule has 0 bridgehead atoms. The van der Waals surface area contributed by atoms with Crippen molar-refractivity contribution in [2.75, 3.05) is 13.7 Å². The maximum atomic E-state index is 11.4. The molecule has 120 valence electrons. The number of carbonyl (C=O) groups is 2. The Bertz CT molecular complexity index is 552. The second kappa shape index (κ2) is 6.25. The fourth-order valence-corrected chi connectivity index (χ4v) is 2.78. The average Bonchev–Trinajstić information content (AvgIpc) is 2.46. The molecule has 1 aliphatic heterocycles. The molecule has 1 atom stereocenters. The van der Waals surface area contributed by atoms with Gasteiger partial charge in [-0.3, -0.25) is 0 Å². The summed E-state index contributed by atoms with van der Waals surface area (Å²) in [4.78, 5) is 24.0. The van der Waals surface area contributed by atoms with E-state index in [0.29, 0.717) is 30.7 Å². The van der Waals surface area contributed by atoms with Crippen LogP contribution in [-0.4, -0.2) is 47.4 Å². The number of carbonyl (C=O) groups excluding carboxylic acids is 1. The number of esters is 1. The van der Waals surface area contributed by atoms with Crippen LogP contribution >= 0.6 is 0 Å². The zero-order chi connectivity index (χ0) is 16.3. The average molecular weight is 307 g/mol. The van der Waals surface area contributed by atoms with Gasteiger partial charge in [-0.25, -0.2) is 9.59 Å². The Morgan fingerprint density at radius 3 is 2.41 bits per heavy atom. The summed E-state index contributed by atoms with van der Waals surface area (Å²) in [5.41, 5.74) is 0.0108. The van der Waals surface area contributed by atoms with Crippen LogP contribution in [0, 0.1) is 0 Å². The quantitative estimate of drug-likeness (QED) is 0.869. The van der Waals surface area contributed by atoms with Crippen molar-refractivity contribution in [3.05, 3.63) is 29.8 Å². The Kier molecular flexibility index (Phi) is 4.59. The molecule has 1 aliphatic rings. The number of methoxy groups -OCH3 is 1. The number of ether oxygens (including phenoxy) is 2. The van der Waals surface area contributed by atoms with Gasteiger partial charge in [0.05, 0.1) is 12.7 Å². The highest BCUT2D eigenvalue weighted by Gasteiger charge is 2.38. The van der Waals surface area contributed by atoms with E-state index < -0.39 is 11.6 Å². The molecule has 1 amide bonds. The van der Waals surface area contributed by atoms with Gasteiger partial charge < -0.3 is 19.5 Å². The first kappa shape index (κ1) is 16.1. The summed E-state index contributed by atoms with van der Waals surface area (Å²) in [6.45, 7) is 4.25. The van der Waals surface area contributed by atoms with E-state index in [0.717, 1.165) is 0 Å². The first-order chi connectivity index (χ1) is 10.3. The van der Waals surface area contributed by atoms with E-state index in [4.69, 9.17) is 4.74 Å². The van der Waals surface area contributed by atoms with Crippen LogP contribution < -0.4 is 4.74 Å². The van der Waals surface area contributed by atoms with Crippen LogP contribution in [-0.2, 0) is 4.74 Å². The lowest BCUT2D eigenvalue weighted by Crippen LogP contribution is -2.54. The summed E-state index contributed by atoms with van der Waals surface area (Å²) in [5.74, 6) is 0.277. The van der Waals surface area contributed by atoms with E-state index in [2.05, 4.69) is 4.74 Å². The largest absolute Gasteiger partial charge is 0.490 e. The van der Waals surface area contributed by atoms with E-state index in [1.54, 1.807) is 24.3 Å². The molecular weight excluding hydrogens is 286 g/mol. The fraction of sp³-hybridized carbons (Fsp3) is 0.500. The highest BCUT2D eigenvalue weighted by atomic mass is 16.5. The lowest BCUT2D eigenvalue weighted by atomic mass is 9.89. The van der Waals surface area contributed by atoms with Gasteiger partial charge in [-0.05, 0) is 38.1 Å². The van der Waals surface area contributed by atoms with Crippen LogP contribution in [0.1, 0.15) is 37.0 Å². The molecule has 2 rings (SSSR count). The topological polar surface area (TPSA) is 76.1 Å². The van der Waals surface area contributed by atoms with Crippen molar-refractivity contribution in [2.45, 2.75) is 38.3 Å². The standard InChI is InChI=1S/C16H21NO5/c1-16(2)10-13(8-9-17(16)15(19)20)22-12-6-4-11(5-7-12)14(18)21-3/h4-7,13H,8-10H2,1-3H3,(H,19,20). The number of hydrogen-bond acceptors (Lipinski definition) is 4. The van der Waals surface area contributed by atoms with Crippen molar-refractivity contribution in [1.29, 1.82) is 0 Å². The van der Waals surface area contributed by atoms with E-state index >= 15 is 0 Å². The molecule has 1 heterocycles. The molecule has 1 saturated heterocycles. The molecule has 22 heavy (non-hydrogen) atoms. The van der Waals surface area contributed by atoms with Crippen molar-refractivity contribution < 1.29 is 24.2 Å². The zero-order valence-electron chi connectivity index (χ0n) is 13.0. The van der Waals surface area contributed by atoms with Crippen molar-refractivity contribution >= 4 is 12.1 Å². The van der Waals surface area contributed by atoms with Crippen LogP contribution in [0.25, 0.3) is 0 Å². The van der Waals surface area contributed by atoms with Crippen molar-refractivity contribution in [2.24, 2.45) is 0 Å². The van der Waals surface area contributed by atoms with E-state index in [1.807, 2.05) is 13.8 Å². The van der Waals surface area contributed by atoms with Gasteiger partial charge >= 0.3 is 12.1 Å². The minimum atomic E-state index is -0.897. The number of amides is 1. The molecule has 6 nitrogen and oxygen atoms in total. The summed E-state index contributed by atoms with van der Waals surface area (Å²) in [6, 6.07) is 6.75. The van der Waals surface area contributed by atoms with Crippen molar-refractivity contribution in [1.82, 2.24) is 4.90 Å². The minimum Gasteiger partial charge on any atom is -0.490 e. The van der Waals surface area contributed by atoms with Gasteiger partial charge in [-0.2, -0.15) is 0 Å². The Hall–Kier alpha value is -2.24. The number of likely N-dealkylation sites (tertiary alicyclic amines) is 1. The molecule has 0 spiro atoms. The zero-order valence-corrected chi connectivity index (χ0v) is 13.0. The molecular formula is C16H21NO5. The molecule has 0 radical (unpaired) electrons. The second-order valence-corrected chi connectivity index (χ2v) is 6.00. The SMILES string of the molecule is COC(=O)c1ccc(OC2CCN(C(=O)O)C(C)(C)C2)cc1. The first-order valence-electron chi connectivity index (χ1n) is 7.19. The third-order valence-electron chi connectivity index (χ3n) is 3.94. The minimum absolute atomic E-state index is 0.0467. The molecule has 1 N–H and O–H groups in total. The van der Waals surface area contributed by atoms with Crippen LogP contribution in [0.5, 0.6) is 5.75 Å². The molecule has 1 unspecified atom stereocenters. The molecule has 0 aliphatic carbocycles. The predicted molar refractivity (Wildman–Crippen MR) is 80.2 cm³/mol. The Labute approximate surface area is 129 Å². The third-order valence-corrected chi connectivity index (χ3v) is 3.94.